The molecule has 7 nitrogen and oxygen atoms in total. The van der Waals surface area contributed by atoms with Crippen molar-refractivity contribution in [1.29, 1.82) is 0 Å². The molecule has 1 aliphatic rings. The summed E-state index contributed by atoms with van der Waals surface area (Å²) in [5.74, 6) is -1.22. The topological polar surface area (TPSA) is 105 Å². The summed E-state index contributed by atoms with van der Waals surface area (Å²) in [5, 5.41) is 18.4. The zero-order valence-electron chi connectivity index (χ0n) is 9.84. The molecule has 0 spiro atoms. The molecule has 1 fully saturated rings. The summed E-state index contributed by atoms with van der Waals surface area (Å²) in [7, 11) is 0. The Bertz CT molecular complexity index is 599. The fourth-order valence-corrected chi connectivity index (χ4v) is 1.91. The summed E-state index contributed by atoms with van der Waals surface area (Å²) in [6, 6.07) is 0. The molecule has 1 saturated heterocycles. The highest BCUT2D eigenvalue weighted by Gasteiger charge is 2.46. The van der Waals surface area contributed by atoms with Crippen molar-refractivity contribution < 1.29 is 23.7 Å². The number of alkyl halides is 1. The molecule has 0 radical (unpaired) electrons. The molecule has 0 amide bonds. The van der Waals surface area contributed by atoms with E-state index in [2.05, 4.69) is 0 Å². The van der Waals surface area contributed by atoms with Crippen molar-refractivity contribution in [2.45, 2.75) is 31.5 Å². The van der Waals surface area contributed by atoms with Gasteiger partial charge in [0, 0.05) is 0 Å². The van der Waals surface area contributed by atoms with Gasteiger partial charge in [0.05, 0.1) is 12.2 Å². The molecule has 9 heteroatoms. The van der Waals surface area contributed by atoms with E-state index in [1.165, 1.54) is 0 Å². The molecule has 3 N–H and O–H groups in total. The molecule has 1 aromatic rings. The van der Waals surface area contributed by atoms with Crippen LogP contribution in [-0.2, 0) is 4.74 Å². The largest absolute Gasteiger partial charge is 0.394 e. The molecule has 19 heavy (non-hydrogen) atoms. The second-order valence-corrected chi connectivity index (χ2v) is 4.23. The van der Waals surface area contributed by atoms with Crippen molar-refractivity contribution in [1.82, 2.24) is 9.55 Å². The Kier molecular flexibility index (Phi) is 3.52. The van der Waals surface area contributed by atoms with Crippen LogP contribution in [-0.4, -0.2) is 44.8 Å². The molecule has 106 valence electrons. The van der Waals surface area contributed by atoms with Gasteiger partial charge in [-0.25, -0.2) is 13.8 Å². The van der Waals surface area contributed by atoms with Gasteiger partial charge in [-0.1, -0.05) is 0 Å². The molecule has 0 bridgehead atoms. The first-order valence-corrected chi connectivity index (χ1v) is 5.47. The Morgan fingerprint density at radius 3 is 2.63 bits per heavy atom. The van der Waals surface area contributed by atoms with E-state index < -0.39 is 54.0 Å². The maximum atomic E-state index is 13.9. The quantitative estimate of drug-likeness (QED) is 0.575. The van der Waals surface area contributed by atoms with Crippen LogP contribution in [0, 0.1) is 12.9 Å². The molecule has 2 heterocycles. The second-order valence-electron chi connectivity index (χ2n) is 4.23. The standard InChI is InChI=1S/C10H12F2N2O5/c1-3-7(12)14(10(18)13-8(3)17)9-6(16)5(11)4(2-15)19-9/h4-6,9,15-16H,2H2,1H3,(H,13,17,18)/t4-,5-,6-,9+/m1/s1. The smallest absolute Gasteiger partial charge is 0.332 e. The maximum Gasteiger partial charge on any atom is 0.332 e. The molecule has 0 aliphatic carbocycles. The van der Waals surface area contributed by atoms with Gasteiger partial charge >= 0.3 is 5.69 Å². The van der Waals surface area contributed by atoms with E-state index in [1.54, 1.807) is 0 Å². The number of rotatable bonds is 2. The minimum atomic E-state index is -1.96. The van der Waals surface area contributed by atoms with Crippen LogP contribution in [0.3, 0.4) is 0 Å². The van der Waals surface area contributed by atoms with Crippen molar-refractivity contribution >= 4 is 0 Å². The fourth-order valence-electron chi connectivity index (χ4n) is 1.91. The Labute approximate surface area is 105 Å². The molecule has 1 aromatic heterocycles. The van der Waals surface area contributed by atoms with E-state index in [9.17, 15) is 23.5 Å². The predicted molar refractivity (Wildman–Crippen MR) is 57.9 cm³/mol. The number of halogens is 2. The lowest BCUT2D eigenvalue weighted by Crippen LogP contribution is -2.40. The molecular weight excluding hydrogens is 266 g/mol. The van der Waals surface area contributed by atoms with Gasteiger partial charge in [0.2, 0.25) is 5.95 Å². The molecule has 0 unspecified atom stereocenters. The fraction of sp³-hybridized carbons (Fsp3) is 0.600. The number of H-pyrrole nitrogens is 1. The third-order valence-corrected chi connectivity index (χ3v) is 3.02. The molecular formula is C10H12F2N2O5. The number of aliphatic hydroxyl groups is 2. The van der Waals surface area contributed by atoms with Crippen molar-refractivity contribution in [3.63, 3.8) is 0 Å². The lowest BCUT2D eigenvalue weighted by molar-refractivity contribution is -0.0592. The Balaban J connectivity index is 2.52. The third-order valence-electron chi connectivity index (χ3n) is 3.02. The van der Waals surface area contributed by atoms with Crippen LogP contribution in [0.4, 0.5) is 8.78 Å². The van der Waals surface area contributed by atoms with E-state index in [-0.39, 0.29) is 0 Å². The van der Waals surface area contributed by atoms with Crippen LogP contribution < -0.4 is 11.2 Å². The number of aliphatic hydroxyl groups excluding tert-OH is 2. The number of ether oxygens (including phenoxy) is 1. The lowest BCUT2D eigenvalue weighted by atomic mass is 10.1. The first-order chi connectivity index (χ1) is 8.88. The highest BCUT2D eigenvalue weighted by Crippen LogP contribution is 2.30. The minimum Gasteiger partial charge on any atom is -0.394 e. The number of aromatic amines is 1. The van der Waals surface area contributed by atoms with Gasteiger partial charge in [-0.2, -0.15) is 4.39 Å². The van der Waals surface area contributed by atoms with Crippen LogP contribution in [0.15, 0.2) is 9.59 Å². The Hall–Kier alpha value is -1.58. The Morgan fingerprint density at radius 1 is 1.47 bits per heavy atom. The minimum absolute atomic E-state index is 0.323. The zero-order chi connectivity index (χ0) is 14.3. The van der Waals surface area contributed by atoms with Gasteiger partial charge in [0.1, 0.15) is 12.2 Å². The van der Waals surface area contributed by atoms with Crippen molar-refractivity contribution in [3.8, 4) is 0 Å². The van der Waals surface area contributed by atoms with Crippen molar-refractivity contribution in [2.75, 3.05) is 6.61 Å². The summed E-state index contributed by atoms with van der Waals surface area (Å²) in [5.41, 5.74) is -2.47. The van der Waals surface area contributed by atoms with E-state index in [4.69, 9.17) is 9.84 Å². The monoisotopic (exact) mass is 278 g/mol. The number of aromatic nitrogens is 2. The molecule has 4 atom stereocenters. The SMILES string of the molecule is Cc1c(F)n([C@H]2O[C@H](CO)[C@@H](F)[C@H]2O)c(=O)[nH]c1=O. The highest BCUT2D eigenvalue weighted by atomic mass is 19.1. The number of nitrogens with zero attached hydrogens (tertiary/aromatic N) is 1. The van der Waals surface area contributed by atoms with Crippen molar-refractivity contribution in [2.24, 2.45) is 0 Å². The molecule has 2 rings (SSSR count). The summed E-state index contributed by atoms with van der Waals surface area (Å²) in [6.07, 6.45) is -6.79. The Morgan fingerprint density at radius 2 is 2.11 bits per heavy atom. The molecule has 0 aromatic carbocycles. The molecule has 0 saturated carbocycles. The van der Waals surface area contributed by atoms with Crippen LogP contribution in [0.2, 0.25) is 0 Å². The van der Waals surface area contributed by atoms with Gasteiger partial charge in [0.15, 0.2) is 12.4 Å². The maximum absolute atomic E-state index is 13.9. The van der Waals surface area contributed by atoms with E-state index in [0.717, 1.165) is 6.92 Å². The van der Waals surface area contributed by atoms with Gasteiger partial charge in [0.25, 0.3) is 5.56 Å². The third kappa shape index (κ3) is 2.09. The lowest BCUT2D eigenvalue weighted by Gasteiger charge is -2.18. The summed E-state index contributed by atoms with van der Waals surface area (Å²) in [4.78, 5) is 24.5. The normalized spacial score (nSPS) is 30.8. The van der Waals surface area contributed by atoms with Gasteiger partial charge in [-0.3, -0.25) is 9.78 Å². The first-order valence-electron chi connectivity index (χ1n) is 5.47. The zero-order valence-corrected chi connectivity index (χ0v) is 9.84. The highest BCUT2D eigenvalue weighted by molar-refractivity contribution is 5.06. The summed E-state index contributed by atoms with van der Waals surface area (Å²) >= 11 is 0. The van der Waals surface area contributed by atoms with Crippen LogP contribution >= 0.6 is 0 Å². The van der Waals surface area contributed by atoms with Crippen molar-refractivity contribution in [3.05, 3.63) is 32.3 Å². The summed E-state index contributed by atoms with van der Waals surface area (Å²) in [6.45, 7) is 0.398. The first kappa shape index (κ1) is 13.8. The number of nitrogens with one attached hydrogen (secondary N) is 1. The second kappa shape index (κ2) is 4.83. The van der Waals surface area contributed by atoms with Gasteiger partial charge < -0.3 is 14.9 Å². The van der Waals surface area contributed by atoms with E-state index >= 15 is 0 Å². The van der Waals surface area contributed by atoms with Gasteiger partial charge in [-0.05, 0) is 6.92 Å². The number of hydrogen-bond donors (Lipinski definition) is 3. The van der Waals surface area contributed by atoms with Gasteiger partial charge in [-0.15, -0.1) is 0 Å². The van der Waals surface area contributed by atoms with E-state index in [1.807, 2.05) is 4.98 Å². The average molecular weight is 278 g/mol. The average Bonchev–Trinajstić information content (AvgIpc) is 2.64. The summed E-state index contributed by atoms with van der Waals surface area (Å²) < 4.78 is 32.6. The predicted octanol–water partition coefficient (Wildman–Crippen LogP) is -1.43. The molecule has 1 aliphatic heterocycles. The van der Waals surface area contributed by atoms with Crippen LogP contribution in [0.1, 0.15) is 11.8 Å². The van der Waals surface area contributed by atoms with Crippen LogP contribution in [0.25, 0.3) is 0 Å². The van der Waals surface area contributed by atoms with Crippen LogP contribution in [0.5, 0.6) is 0 Å². The number of hydrogen-bond acceptors (Lipinski definition) is 5. The van der Waals surface area contributed by atoms with E-state index in [0.29, 0.717) is 4.57 Å².